The Hall–Kier alpha value is -2.20. The Labute approximate surface area is 177 Å². The minimum absolute atomic E-state index is 0.0112. The van der Waals surface area contributed by atoms with Crippen LogP contribution in [-0.4, -0.2) is 35.9 Å². The molecule has 0 N–H and O–H groups in total. The number of nitrogens with zero attached hydrogens (tertiary/aromatic N) is 2. The number of benzene rings is 2. The summed E-state index contributed by atoms with van der Waals surface area (Å²) < 4.78 is 12.9. The van der Waals surface area contributed by atoms with Crippen molar-refractivity contribution in [1.82, 2.24) is 9.78 Å². The van der Waals surface area contributed by atoms with Crippen molar-refractivity contribution in [3.63, 3.8) is 0 Å². The zero-order valence-corrected chi connectivity index (χ0v) is 18.1. The van der Waals surface area contributed by atoms with E-state index in [9.17, 15) is 9.59 Å². The zero-order chi connectivity index (χ0) is 19.6. The number of halogens is 2. The number of esters is 2. The number of carbonyl (C=O) groups is 2. The van der Waals surface area contributed by atoms with E-state index < -0.39 is 11.9 Å². The van der Waals surface area contributed by atoms with Gasteiger partial charge in [0.1, 0.15) is 11.3 Å². The summed E-state index contributed by atoms with van der Waals surface area (Å²) in [7, 11) is 2.52. The first kappa shape index (κ1) is 19.6. The zero-order valence-electron chi connectivity index (χ0n) is 14.4. The van der Waals surface area contributed by atoms with E-state index in [2.05, 4.69) is 43.6 Å². The molecular weight excluding hydrogens is 527 g/mol. The first-order valence-electron chi connectivity index (χ1n) is 7.79. The van der Waals surface area contributed by atoms with Gasteiger partial charge in [-0.3, -0.25) is 0 Å². The normalized spacial score (nSPS) is 10.5. The molecule has 0 unspecified atom stereocenters. The molecule has 0 saturated heterocycles. The van der Waals surface area contributed by atoms with Crippen molar-refractivity contribution in [3.05, 3.63) is 67.8 Å². The number of hydrogen-bond acceptors (Lipinski definition) is 5. The first-order valence-corrected chi connectivity index (χ1v) is 9.66. The lowest BCUT2D eigenvalue weighted by atomic mass is 10.1. The van der Waals surface area contributed by atoms with E-state index in [1.807, 2.05) is 36.4 Å². The lowest BCUT2D eigenvalue weighted by molar-refractivity contribution is 0.0549. The third-order valence-electron chi connectivity index (χ3n) is 3.85. The molecule has 138 valence electrons. The van der Waals surface area contributed by atoms with Crippen molar-refractivity contribution in [3.8, 4) is 16.9 Å². The van der Waals surface area contributed by atoms with Gasteiger partial charge in [-0.1, -0.05) is 40.2 Å². The van der Waals surface area contributed by atoms with Crippen LogP contribution in [-0.2, 0) is 9.47 Å². The molecule has 1 aromatic heterocycles. The van der Waals surface area contributed by atoms with Crippen LogP contribution in [0.25, 0.3) is 16.9 Å². The van der Waals surface area contributed by atoms with Crippen LogP contribution in [0, 0.1) is 3.57 Å². The Morgan fingerprint density at radius 1 is 1.00 bits per heavy atom. The molecule has 0 aliphatic heterocycles. The van der Waals surface area contributed by atoms with Crippen LogP contribution in [0.5, 0.6) is 0 Å². The van der Waals surface area contributed by atoms with Gasteiger partial charge in [0.25, 0.3) is 0 Å². The minimum Gasteiger partial charge on any atom is -0.465 e. The predicted octanol–water partition coefficient (Wildman–Crippen LogP) is 4.48. The summed E-state index contributed by atoms with van der Waals surface area (Å²) >= 11 is 5.67. The van der Waals surface area contributed by atoms with Gasteiger partial charge in [0.2, 0.25) is 0 Å². The van der Waals surface area contributed by atoms with E-state index >= 15 is 0 Å². The van der Waals surface area contributed by atoms with Crippen molar-refractivity contribution in [2.24, 2.45) is 0 Å². The summed E-state index contributed by atoms with van der Waals surface area (Å²) in [6, 6.07) is 14.7. The molecule has 3 aromatic rings. The fraction of sp³-hybridized carbons (Fsp3) is 0.105. The van der Waals surface area contributed by atoms with Gasteiger partial charge in [-0.15, -0.1) is 0 Å². The third kappa shape index (κ3) is 3.63. The number of rotatable bonds is 4. The quantitative estimate of drug-likeness (QED) is 0.360. The number of carbonyl (C=O) groups excluding carboxylic acids is 2. The number of methoxy groups -OCH3 is 2. The maximum absolute atomic E-state index is 12.6. The molecule has 0 aliphatic rings. The van der Waals surface area contributed by atoms with Gasteiger partial charge in [-0.25, -0.2) is 14.3 Å². The van der Waals surface area contributed by atoms with Gasteiger partial charge in [-0.2, -0.15) is 5.10 Å². The van der Waals surface area contributed by atoms with Crippen LogP contribution in [0.2, 0.25) is 0 Å². The summed E-state index contributed by atoms with van der Waals surface area (Å²) in [5, 5.41) is 4.59. The number of ether oxygens (including phenoxy) is 2. The van der Waals surface area contributed by atoms with Crippen LogP contribution in [0.4, 0.5) is 0 Å². The van der Waals surface area contributed by atoms with Gasteiger partial charge in [0.15, 0.2) is 5.69 Å². The molecule has 0 radical (unpaired) electrons. The Balaban J connectivity index is 2.42. The molecule has 0 spiro atoms. The topological polar surface area (TPSA) is 70.4 Å². The smallest absolute Gasteiger partial charge is 0.357 e. The third-order valence-corrected chi connectivity index (χ3v) is 5.41. The predicted molar refractivity (Wildman–Crippen MR) is 112 cm³/mol. The second-order valence-electron chi connectivity index (χ2n) is 5.40. The highest BCUT2D eigenvalue weighted by atomic mass is 127. The number of aromatic nitrogens is 2. The summed E-state index contributed by atoms with van der Waals surface area (Å²) in [6.07, 6.45) is 0. The van der Waals surface area contributed by atoms with Crippen molar-refractivity contribution >= 4 is 50.5 Å². The molecule has 0 atom stereocenters. The Morgan fingerprint density at radius 2 is 1.67 bits per heavy atom. The van der Waals surface area contributed by atoms with Gasteiger partial charge in [0.05, 0.1) is 19.9 Å². The molecule has 6 nitrogen and oxygen atoms in total. The van der Waals surface area contributed by atoms with E-state index in [4.69, 9.17) is 9.47 Å². The molecule has 1 heterocycles. The van der Waals surface area contributed by atoms with Crippen LogP contribution in [0.3, 0.4) is 0 Å². The molecular formula is C19H14BrIN2O4. The van der Waals surface area contributed by atoms with Crippen molar-refractivity contribution in [2.45, 2.75) is 0 Å². The fourth-order valence-corrected chi connectivity index (χ4v) is 4.33. The maximum Gasteiger partial charge on any atom is 0.357 e. The molecule has 0 saturated carbocycles. The summed E-state index contributed by atoms with van der Waals surface area (Å²) in [5.74, 6) is -1.35. The Morgan fingerprint density at radius 3 is 2.26 bits per heavy atom. The number of hydrogen-bond donors (Lipinski definition) is 0. The highest BCUT2D eigenvalue weighted by molar-refractivity contribution is 14.1. The SMILES string of the molecule is COC(=O)c1c(-c2c(Br)cccc2I)nn(-c2ccccc2)c1C(=O)OC. The fourth-order valence-electron chi connectivity index (χ4n) is 2.65. The lowest BCUT2D eigenvalue weighted by Crippen LogP contribution is -2.15. The molecule has 3 rings (SSSR count). The second-order valence-corrected chi connectivity index (χ2v) is 7.42. The van der Waals surface area contributed by atoms with Crippen molar-refractivity contribution in [1.29, 1.82) is 0 Å². The van der Waals surface area contributed by atoms with Gasteiger partial charge < -0.3 is 9.47 Å². The lowest BCUT2D eigenvalue weighted by Gasteiger charge is -2.07. The van der Waals surface area contributed by atoms with Gasteiger partial charge in [0, 0.05) is 13.6 Å². The van der Waals surface area contributed by atoms with E-state index in [1.165, 1.54) is 18.9 Å². The van der Waals surface area contributed by atoms with E-state index in [-0.39, 0.29) is 11.3 Å². The molecule has 0 bridgehead atoms. The summed E-state index contributed by atoms with van der Waals surface area (Å²) in [4.78, 5) is 25.2. The standard InChI is InChI=1S/C19H14BrIN2O4/c1-26-18(24)15-16(14-12(20)9-6-10-13(14)21)22-23(17(15)19(25)27-2)11-7-4-3-5-8-11/h3-10H,1-2H3. The van der Waals surface area contributed by atoms with Crippen molar-refractivity contribution in [2.75, 3.05) is 14.2 Å². The van der Waals surface area contributed by atoms with Crippen LogP contribution >= 0.6 is 38.5 Å². The molecule has 0 aliphatic carbocycles. The van der Waals surface area contributed by atoms with Crippen molar-refractivity contribution < 1.29 is 19.1 Å². The van der Waals surface area contributed by atoms with Crippen LogP contribution in [0.1, 0.15) is 20.8 Å². The molecule has 0 fully saturated rings. The molecule has 8 heteroatoms. The van der Waals surface area contributed by atoms with Gasteiger partial charge >= 0.3 is 11.9 Å². The highest BCUT2D eigenvalue weighted by Gasteiger charge is 2.32. The van der Waals surface area contributed by atoms with E-state index in [0.717, 1.165) is 8.04 Å². The average Bonchev–Trinajstić information content (AvgIpc) is 3.07. The maximum atomic E-state index is 12.6. The van der Waals surface area contributed by atoms with Crippen LogP contribution < -0.4 is 0 Å². The first-order chi connectivity index (χ1) is 13.0. The average molecular weight is 541 g/mol. The molecule has 0 amide bonds. The summed E-state index contributed by atoms with van der Waals surface area (Å²) in [6.45, 7) is 0. The van der Waals surface area contributed by atoms with E-state index in [0.29, 0.717) is 16.9 Å². The Bertz CT molecular complexity index is 998. The second kappa shape index (κ2) is 8.22. The summed E-state index contributed by atoms with van der Waals surface area (Å²) in [5.41, 5.74) is 1.72. The minimum atomic E-state index is -0.680. The highest BCUT2D eigenvalue weighted by Crippen LogP contribution is 2.36. The Kier molecular flexibility index (Phi) is 5.95. The largest absolute Gasteiger partial charge is 0.465 e. The van der Waals surface area contributed by atoms with Gasteiger partial charge in [-0.05, 0) is 46.9 Å². The van der Waals surface area contributed by atoms with Crippen LogP contribution in [0.15, 0.2) is 53.0 Å². The molecule has 2 aromatic carbocycles. The molecule has 27 heavy (non-hydrogen) atoms. The monoisotopic (exact) mass is 540 g/mol. The van der Waals surface area contributed by atoms with E-state index in [1.54, 1.807) is 12.1 Å². The number of para-hydroxylation sites is 1.